The Morgan fingerprint density at radius 2 is 2.09 bits per heavy atom. The van der Waals surface area contributed by atoms with Crippen LogP contribution in [0.3, 0.4) is 0 Å². The van der Waals surface area contributed by atoms with Crippen molar-refractivity contribution in [3.8, 4) is 6.07 Å². The molecular weight excluding hydrogens is 316 g/mol. The maximum Gasteiger partial charge on any atom is 0.331 e. The van der Waals surface area contributed by atoms with Crippen molar-refractivity contribution in [1.82, 2.24) is 5.32 Å². The number of nitrogens with one attached hydrogen (secondary N) is 1. The van der Waals surface area contributed by atoms with Crippen molar-refractivity contribution in [2.24, 2.45) is 5.92 Å². The molecule has 0 unspecified atom stereocenters. The fourth-order valence-corrected chi connectivity index (χ4v) is 2.26. The van der Waals surface area contributed by atoms with Gasteiger partial charge in [-0.15, -0.1) is 0 Å². The Kier molecular flexibility index (Phi) is 5.41. The summed E-state index contributed by atoms with van der Waals surface area (Å²) in [7, 11) is 0. The van der Waals surface area contributed by atoms with Crippen LogP contribution in [0.5, 0.6) is 0 Å². The summed E-state index contributed by atoms with van der Waals surface area (Å²) in [5.74, 6) is -0.925. The van der Waals surface area contributed by atoms with Crippen LogP contribution < -0.4 is 5.32 Å². The third-order valence-corrected chi connectivity index (χ3v) is 3.90. The van der Waals surface area contributed by atoms with Gasteiger partial charge in [-0.25, -0.2) is 4.79 Å². The molecule has 0 aliphatic heterocycles. The van der Waals surface area contributed by atoms with Crippen molar-refractivity contribution in [3.05, 3.63) is 40.9 Å². The predicted molar refractivity (Wildman–Crippen MR) is 86.3 cm³/mol. The van der Waals surface area contributed by atoms with Gasteiger partial charge in [0.15, 0.2) is 6.61 Å². The average molecular weight is 333 g/mol. The number of carbonyl (C=O) groups excluding carboxylic acids is 2. The molecule has 1 N–H and O–H groups in total. The number of ether oxygens (including phenoxy) is 1. The third-order valence-electron chi connectivity index (χ3n) is 3.65. The molecule has 5 nitrogen and oxygen atoms in total. The van der Waals surface area contributed by atoms with Gasteiger partial charge in [0.2, 0.25) is 0 Å². The van der Waals surface area contributed by atoms with E-state index >= 15 is 0 Å². The lowest BCUT2D eigenvalue weighted by Gasteiger charge is -2.22. The number of hydrogen-bond acceptors (Lipinski definition) is 4. The van der Waals surface area contributed by atoms with E-state index in [9.17, 15) is 9.59 Å². The second-order valence-corrected chi connectivity index (χ2v) is 6.07. The lowest BCUT2D eigenvalue weighted by atomic mass is 9.98. The van der Waals surface area contributed by atoms with Gasteiger partial charge in [-0.1, -0.05) is 23.7 Å². The van der Waals surface area contributed by atoms with Crippen molar-refractivity contribution in [1.29, 1.82) is 5.26 Å². The molecule has 2 rings (SSSR count). The summed E-state index contributed by atoms with van der Waals surface area (Å²) in [6, 6.07) is 9.04. The quantitative estimate of drug-likeness (QED) is 0.641. The normalized spacial score (nSPS) is 16.4. The van der Waals surface area contributed by atoms with Crippen molar-refractivity contribution in [3.63, 3.8) is 0 Å². The van der Waals surface area contributed by atoms with Crippen molar-refractivity contribution in [2.45, 2.75) is 25.3 Å². The summed E-state index contributed by atoms with van der Waals surface area (Å²) in [5, 5.41) is 12.4. The molecule has 0 heterocycles. The van der Waals surface area contributed by atoms with E-state index < -0.39 is 24.0 Å². The number of amides is 1. The lowest BCUT2D eigenvalue weighted by molar-refractivity contribution is -0.144. The molecule has 23 heavy (non-hydrogen) atoms. The first-order chi connectivity index (χ1) is 10.9. The van der Waals surface area contributed by atoms with Crippen LogP contribution in [0.25, 0.3) is 6.08 Å². The zero-order valence-corrected chi connectivity index (χ0v) is 13.5. The number of nitrogens with zero attached hydrogens (tertiary/aromatic N) is 1. The molecule has 0 radical (unpaired) electrons. The van der Waals surface area contributed by atoms with Crippen molar-refractivity contribution < 1.29 is 14.3 Å². The Labute approximate surface area is 139 Å². The van der Waals surface area contributed by atoms with Crippen LogP contribution in [0.1, 0.15) is 25.3 Å². The van der Waals surface area contributed by atoms with Gasteiger partial charge in [-0.05, 0) is 49.5 Å². The first kappa shape index (κ1) is 17.0. The summed E-state index contributed by atoms with van der Waals surface area (Å²) in [6.45, 7) is 1.28. The number of benzene rings is 1. The first-order valence-electron chi connectivity index (χ1n) is 7.25. The predicted octanol–water partition coefficient (Wildman–Crippen LogP) is 2.70. The Hall–Kier alpha value is -2.32. The van der Waals surface area contributed by atoms with E-state index in [-0.39, 0.29) is 5.92 Å². The number of rotatable bonds is 6. The first-order valence-corrected chi connectivity index (χ1v) is 7.63. The van der Waals surface area contributed by atoms with Gasteiger partial charge in [0.05, 0.1) is 6.07 Å². The molecule has 0 aromatic heterocycles. The van der Waals surface area contributed by atoms with Gasteiger partial charge in [0, 0.05) is 11.1 Å². The molecule has 6 heteroatoms. The highest BCUT2D eigenvalue weighted by Gasteiger charge is 2.43. The topological polar surface area (TPSA) is 79.2 Å². The smallest absolute Gasteiger partial charge is 0.331 e. The maximum absolute atomic E-state index is 11.8. The van der Waals surface area contributed by atoms with Crippen LogP contribution in [0.15, 0.2) is 30.3 Å². The highest BCUT2D eigenvalue weighted by molar-refractivity contribution is 6.30. The van der Waals surface area contributed by atoms with Gasteiger partial charge in [-0.2, -0.15) is 5.26 Å². The van der Waals surface area contributed by atoms with E-state index in [0.717, 1.165) is 18.4 Å². The van der Waals surface area contributed by atoms with Gasteiger partial charge in [0.25, 0.3) is 5.91 Å². The van der Waals surface area contributed by atoms with Gasteiger partial charge in [-0.3, -0.25) is 4.79 Å². The molecule has 120 valence electrons. The van der Waals surface area contributed by atoms with E-state index in [1.54, 1.807) is 37.3 Å². The fraction of sp³-hybridized carbons (Fsp3) is 0.353. The minimum absolute atomic E-state index is 0.178. The molecule has 1 saturated carbocycles. The van der Waals surface area contributed by atoms with Gasteiger partial charge < -0.3 is 10.1 Å². The van der Waals surface area contributed by atoms with Crippen LogP contribution in [0.4, 0.5) is 0 Å². The molecule has 1 aliphatic rings. The van der Waals surface area contributed by atoms with Crippen molar-refractivity contribution in [2.75, 3.05) is 6.61 Å². The van der Waals surface area contributed by atoms with E-state index in [1.165, 1.54) is 6.08 Å². The maximum atomic E-state index is 11.8. The van der Waals surface area contributed by atoms with Crippen LogP contribution in [-0.2, 0) is 14.3 Å². The molecule has 0 spiro atoms. The minimum atomic E-state index is -0.886. The molecular formula is C17H17ClN2O3. The average Bonchev–Trinajstić information content (AvgIpc) is 3.37. The zero-order chi connectivity index (χ0) is 16.9. The number of esters is 1. The summed E-state index contributed by atoms with van der Waals surface area (Å²) in [6.07, 6.45) is 4.66. The van der Waals surface area contributed by atoms with Crippen LogP contribution in [0, 0.1) is 17.2 Å². The molecule has 1 aromatic rings. The van der Waals surface area contributed by atoms with Crippen molar-refractivity contribution >= 4 is 29.6 Å². The minimum Gasteiger partial charge on any atom is -0.452 e. The summed E-state index contributed by atoms with van der Waals surface area (Å²) >= 11 is 5.77. The Bertz CT molecular complexity index is 659. The van der Waals surface area contributed by atoms with E-state index in [1.807, 2.05) is 0 Å². The fourth-order valence-electron chi connectivity index (χ4n) is 2.13. The molecule has 0 bridgehead atoms. The van der Waals surface area contributed by atoms with E-state index in [4.69, 9.17) is 21.6 Å². The standard InChI is InChI=1S/C17H17ClN2O3/c1-17(11-19,13-5-6-13)20-15(21)10-23-16(22)9-4-12-2-7-14(18)8-3-12/h2-4,7-9,13H,5-6,10H2,1H3,(H,20,21)/b9-4+/t17-/m1/s1. The summed E-state index contributed by atoms with van der Waals surface area (Å²) < 4.78 is 4.87. The molecule has 1 aliphatic carbocycles. The number of nitriles is 1. The largest absolute Gasteiger partial charge is 0.452 e. The SMILES string of the molecule is C[C@](C#N)(NC(=O)COC(=O)/C=C/c1ccc(Cl)cc1)C1CC1. The third kappa shape index (κ3) is 5.11. The zero-order valence-electron chi connectivity index (χ0n) is 12.7. The number of hydrogen-bond donors (Lipinski definition) is 1. The second-order valence-electron chi connectivity index (χ2n) is 5.63. The van der Waals surface area contributed by atoms with Gasteiger partial charge >= 0.3 is 5.97 Å². The number of carbonyl (C=O) groups is 2. The van der Waals surface area contributed by atoms with Gasteiger partial charge in [0.1, 0.15) is 5.54 Å². The van der Waals surface area contributed by atoms with Crippen LogP contribution >= 0.6 is 11.6 Å². The van der Waals surface area contributed by atoms with Crippen LogP contribution in [-0.4, -0.2) is 24.0 Å². The highest BCUT2D eigenvalue weighted by atomic mass is 35.5. The lowest BCUT2D eigenvalue weighted by Crippen LogP contribution is -2.48. The molecule has 0 saturated heterocycles. The molecule has 1 fully saturated rings. The summed E-state index contributed by atoms with van der Waals surface area (Å²) in [4.78, 5) is 23.4. The Morgan fingerprint density at radius 3 is 2.65 bits per heavy atom. The number of halogens is 1. The summed E-state index contributed by atoms with van der Waals surface area (Å²) in [5.41, 5.74) is -0.0931. The Morgan fingerprint density at radius 1 is 1.43 bits per heavy atom. The van der Waals surface area contributed by atoms with Crippen LogP contribution in [0.2, 0.25) is 5.02 Å². The highest BCUT2D eigenvalue weighted by Crippen LogP contribution is 2.39. The monoisotopic (exact) mass is 332 g/mol. The Balaban J connectivity index is 1.78. The molecule has 1 atom stereocenters. The molecule has 1 aromatic carbocycles. The second kappa shape index (κ2) is 7.30. The molecule has 1 amide bonds. The van der Waals surface area contributed by atoms with E-state index in [2.05, 4.69) is 11.4 Å². The van der Waals surface area contributed by atoms with E-state index in [0.29, 0.717) is 5.02 Å².